The number of hydrogen-bond donors (Lipinski definition) is 0. The van der Waals surface area contributed by atoms with Gasteiger partial charge in [-0.25, -0.2) is 4.98 Å². The number of nitrogens with zero attached hydrogens (tertiary/aromatic N) is 1. The van der Waals surface area contributed by atoms with E-state index in [1.807, 2.05) is 6.92 Å². The molecule has 1 aromatic carbocycles. The molecule has 7 heteroatoms. The van der Waals surface area contributed by atoms with Gasteiger partial charge in [0.05, 0.1) is 5.56 Å². The van der Waals surface area contributed by atoms with E-state index in [0.29, 0.717) is 6.42 Å². The van der Waals surface area contributed by atoms with Crippen LogP contribution in [0.15, 0.2) is 22.6 Å². The standard InChI is InChI=1S/C14H14F3NO3/c1-2-3-4-13(19)20-8-12-18-10-7-9(14(15,16)17)5-6-11(10)21-12/h5-7H,2-4,8H2,1H3. The van der Waals surface area contributed by atoms with Crippen LogP contribution in [0.2, 0.25) is 0 Å². The normalized spacial score (nSPS) is 11.8. The Hall–Kier alpha value is -2.05. The fourth-order valence-electron chi connectivity index (χ4n) is 1.75. The van der Waals surface area contributed by atoms with Crippen LogP contribution in [-0.2, 0) is 22.3 Å². The molecule has 0 unspecified atom stereocenters. The van der Waals surface area contributed by atoms with Crippen LogP contribution in [0.3, 0.4) is 0 Å². The maximum Gasteiger partial charge on any atom is 0.416 e. The predicted molar refractivity (Wildman–Crippen MR) is 68.3 cm³/mol. The second kappa shape index (κ2) is 6.15. The van der Waals surface area contributed by atoms with Crippen LogP contribution in [0.4, 0.5) is 13.2 Å². The Morgan fingerprint density at radius 3 is 2.81 bits per heavy atom. The Balaban J connectivity index is 2.07. The van der Waals surface area contributed by atoms with Gasteiger partial charge in [-0.2, -0.15) is 13.2 Å². The summed E-state index contributed by atoms with van der Waals surface area (Å²) in [5.41, 5.74) is -0.484. The van der Waals surface area contributed by atoms with Gasteiger partial charge in [-0.3, -0.25) is 4.79 Å². The van der Waals surface area contributed by atoms with Crippen LogP contribution in [-0.4, -0.2) is 11.0 Å². The minimum atomic E-state index is -4.43. The monoisotopic (exact) mass is 301 g/mol. The Kier molecular flexibility index (Phi) is 4.50. The van der Waals surface area contributed by atoms with Crippen LogP contribution in [0, 0.1) is 0 Å². The Bertz CT molecular complexity index is 634. The van der Waals surface area contributed by atoms with E-state index in [1.54, 1.807) is 0 Å². The number of oxazole rings is 1. The van der Waals surface area contributed by atoms with Crippen molar-refractivity contribution >= 4 is 17.1 Å². The lowest BCUT2D eigenvalue weighted by molar-refractivity contribution is -0.145. The summed E-state index contributed by atoms with van der Waals surface area (Å²) in [6.45, 7) is 1.77. The highest BCUT2D eigenvalue weighted by atomic mass is 19.4. The molecule has 4 nitrogen and oxygen atoms in total. The molecule has 0 aliphatic heterocycles. The topological polar surface area (TPSA) is 52.3 Å². The third kappa shape index (κ3) is 3.96. The first-order valence-corrected chi connectivity index (χ1v) is 6.52. The lowest BCUT2D eigenvalue weighted by Gasteiger charge is -2.04. The molecule has 114 valence electrons. The number of carbonyl (C=O) groups excluding carboxylic acids is 1. The van der Waals surface area contributed by atoms with Crippen LogP contribution in [0.1, 0.15) is 37.6 Å². The van der Waals surface area contributed by atoms with Gasteiger partial charge in [0, 0.05) is 6.42 Å². The van der Waals surface area contributed by atoms with Gasteiger partial charge in [0.25, 0.3) is 0 Å². The predicted octanol–water partition coefficient (Wildman–Crippen LogP) is 4.08. The van der Waals surface area contributed by atoms with E-state index >= 15 is 0 Å². The summed E-state index contributed by atoms with van der Waals surface area (Å²) in [5.74, 6) is -0.302. The molecule has 0 fully saturated rings. The smallest absolute Gasteiger partial charge is 0.416 e. The molecule has 0 saturated carbocycles. The summed E-state index contributed by atoms with van der Waals surface area (Å²) in [6, 6.07) is 3.03. The van der Waals surface area contributed by atoms with Crippen molar-refractivity contribution < 1.29 is 27.1 Å². The summed E-state index contributed by atoms with van der Waals surface area (Å²) in [4.78, 5) is 15.2. The van der Waals surface area contributed by atoms with E-state index in [9.17, 15) is 18.0 Å². The first-order chi connectivity index (χ1) is 9.90. The number of esters is 1. The van der Waals surface area contributed by atoms with Crippen molar-refractivity contribution in [3.63, 3.8) is 0 Å². The van der Waals surface area contributed by atoms with Gasteiger partial charge in [0.15, 0.2) is 12.2 Å². The van der Waals surface area contributed by atoms with E-state index in [4.69, 9.17) is 9.15 Å². The van der Waals surface area contributed by atoms with Crippen LogP contribution in [0.5, 0.6) is 0 Å². The zero-order valence-electron chi connectivity index (χ0n) is 11.4. The molecule has 1 aromatic heterocycles. The summed E-state index contributed by atoms with van der Waals surface area (Å²) >= 11 is 0. The fourth-order valence-corrected chi connectivity index (χ4v) is 1.75. The number of fused-ring (bicyclic) bond motifs is 1. The molecule has 0 spiro atoms. The Morgan fingerprint density at radius 1 is 1.38 bits per heavy atom. The first kappa shape index (κ1) is 15.3. The molecule has 0 N–H and O–H groups in total. The third-order valence-corrected chi connectivity index (χ3v) is 2.85. The molecule has 21 heavy (non-hydrogen) atoms. The van der Waals surface area contributed by atoms with Gasteiger partial charge in [-0.15, -0.1) is 0 Å². The highest BCUT2D eigenvalue weighted by Crippen LogP contribution is 2.31. The van der Waals surface area contributed by atoms with E-state index in [0.717, 1.165) is 25.0 Å². The second-order valence-electron chi connectivity index (χ2n) is 4.55. The highest BCUT2D eigenvalue weighted by Gasteiger charge is 2.31. The average molecular weight is 301 g/mol. The number of alkyl halides is 3. The minimum absolute atomic E-state index is 0.0779. The second-order valence-corrected chi connectivity index (χ2v) is 4.55. The average Bonchev–Trinajstić information content (AvgIpc) is 2.83. The number of unbranched alkanes of at least 4 members (excludes halogenated alkanes) is 1. The molecule has 0 radical (unpaired) electrons. The maximum atomic E-state index is 12.6. The minimum Gasteiger partial charge on any atom is -0.456 e. The number of aromatic nitrogens is 1. The van der Waals surface area contributed by atoms with E-state index in [1.165, 1.54) is 6.07 Å². The molecular weight excluding hydrogens is 287 g/mol. The number of benzene rings is 1. The number of rotatable bonds is 5. The zero-order valence-corrected chi connectivity index (χ0v) is 11.4. The summed E-state index contributed by atoms with van der Waals surface area (Å²) in [7, 11) is 0. The van der Waals surface area contributed by atoms with Crippen molar-refractivity contribution in [3.8, 4) is 0 Å². The van der Waals surface area contributed by atoms with E-state index < -0.39 is 11.7 Å². The maximum absolute atomic E-state index is 12.6. The lowest BCUT2D eigenvalue weighted by atomic mass is 10.2. The quantitative estimate of drug-likeness (QED) is 0.781. The summed E-state index contributed by atoms with van der Waals surface area (Å²) < 4.78 is 47.9. The van der Waals surface area contributed by atoms with E-state index in [2.05, 4.69) is 4.98 Å². The van der Waals surface area contributed by atoms with Crippen molar-refractivity contribution in [2.24, 2.45) is 0 Å². The van der Waals surface area contributed by atoms with E-state index in [-0.39, 0.29) is 29.6 Å². The number of halogens is 3. The first-order valence-electron chi connectivity index (χ1n) is 6.52. The molecule has 0 amide bonds. The van der Waals surface area contributed by atoms with Gasteiger partial charge >= 0.3 is 12.1 Å². The fraction of sp³-hybridized carbons (Fsp3) is 0.429. The summed E-state index contributed by atoms with van der Waals surface area (Å²) in [6.07, 6.45) is -2.53. The van der Waals surface area contributed by atoms with Gasteiger partial charge in [-0.1, -0.05) is 13.3 Å². The van der Waals surface area contributed by atoms with Gasteiger partial charge in [0.1, 0.15) is 5.52 Å². The molecule has 0 bridgehead atoms. The van der Waals surface area contributed by atoms with Gasteiger partial charge in [-0.05, 0) is 24.6 Å². The largest absolute Gasteiger partial charge is 0.456 e. The van der Waals surface area contributed by atoms with Crippen LogP contribution < -0.4 is 0 Å². The molecule has 0 saturated heterocycles. The zero-order chi connectivity index (χ0) is 15.5. The summed E-state index contributed by atoms with van der Waals surface area (Å²) in [5, 5.41) is 0. The Labute approximate surface area is 118 Å². The van der Waals surface area contributed by atoms with Crippen LogP contribution in [0.25, 0.3) is 11.1 Å². The molecule has 1 heterocycles. The van der Waals surface area contributed by atoms with Crippen molar-refractivity contribution in [2.45, 2.75) is 39.0 Å². The van der Waals surface area contributed by atoms with Gasteiger partial charge in [0.2, 0.25) is 5.89 Å². The van der Waals surface area contributed by atoms with Crippen molar-refractivity contribution in [3.05, 3.63) is 29.7 Å². The molecule has 0 aliphatic carbocycles. The van der Waals surface area contributed by atoms with Crippen molar-refractivity contribution in [2.75, 3.05) is 0 Å². The number of hydrogen-bond acceptors (Lipinski definition) is 4. The number of carbonyl (C=O) groups is 1. The number of ether oxygens (including phenoxy) is 1. The van der Waals surface area contributed by atoms with Gasteiger partial charge < -0.3 is 9.15 Å². The lowest BCUT2D eigenvalue weighted by Crippen LogP contribution is -2.04. The molecule has 0 atom stereocenters. The Morgan fingerprint density at radius 2 is 2.14 bits per heavy atom. The molecule has 2 aromatic rings. The molecular formula is C14H14F3NO3. The van der Waals surface area contributed by atoms with Crippen molar-refractivity contribution in [1.82, 2.24) is 4.98 Å². The molecule has 0 aliphatic rings. The van der Waals surface area contributed by atoms with Crippen LogP contribution >= 0.6 is 0 Å². The third-order valence-electron chi connectivity index (χ3n) is 2.85. The highest BCUT2D eigenvalue weighted by molar-refractivity contribution is 5.73. The molecule has 2 rings (SSSR count). The van der Waals surface area contributed by atoms with Crippen molar-refractivity contribution in [1.29, 1.82) is 0 Å². The SMILES string of the molecule is CCCCC(=O)OCc1nc2cc(C(F)(F)F)ccc2o1.